The van der Waals surface area contributed by atoms with Gasteiger partial charge >= 0.3 is 0 Å². The Morgan fingerprint density at radius 3 is 2.68 bits per heavy atom. The predicted octanol–water partition coefficient (Wildman–Crippen LogP) is 1.48. The van der Waals surface area contributed by atoms with Crippen molar-refractivity contribution in [1.29, 1.82) is 0 Å². The Morgan fingerprint density at radius 1 is 1.47 bits per heavy atom. The summed E-state index contributed by atoms with van der Waals surface area (Å²) in [4.78, 5) is 2.46. The van der Waals surface area contributed by atoms with Crippen LogP contribution in [0.25, 0.3) is 0 Å². The second kappa shape index (κ2) is 7.58. The molecule has 114 valence electrons. The normalized spacial score (nSPS) is 28.6. The number of aliphatic hydroxyl groups is 1. The minimum Gasteiger partial charge on any atom is -0.394 e. The van der Waals surface area contributed by atoms with E-state index in [0.717, 1.165) is 26.1 Å². The Bertz CT molecular complexity index is 261. The van der Waals surface area contributed by atoms with E-state index in [9.17, 15) is 5.11 Å². The number of aliphatic hydroxyl groups excluding tert-OH is 1. The topological polar surface area (TPSA) is 44.7 Å². The molecule has 1 saturated heterocycles. The molecule has 0 bridgehead atoms. The number of nitrogens with zero attached hydrogens (tertiary/aromatic N) is 1. The van der Waals surface area contributed by atoms with Gasteiger partial charge in [0.1, 0.15) is 0 Å². The molecule has 0 aliphatic carbocycles. The van der Waals surface area contributed by atoms with Crippen molar-refractivity contribution in [3.05, 3.63) is 0 Å². The zero-order valence-electron chi connectivity index (χ0n) is 13.3. The predicted molar refractivity (Wildman–Crippen MR) is 79.4 cm³/mol. The van der Waals surface area contributed by atoms with Crippen molar-refractivity contribution < 1.29 is 9.84 Å². The summed E-state index contributed by atoms with van der Waals surface area (Å²) in [5.41, 5.74) is -0.181. The molecule has 2 N–H and O–H groups in total. The van der Waals surface area contributed by atoms with Crippen LogP contribution in [0, 0.1) is 5.92 Å². The highest BCUT2D eigenvalue weighted by atomic mass is 16.5. The van der Waals surface area contributed by atoms with E-state index < -0.39 is 0 Å². The number of hydrogen-bond donors (Lipinski definition) is 2. The average Bonchev–Trinajstić information content (AvgIpc) is 2.37. The van der Waals surface area contributed by atoms with Crippen LogP contribution in [-0.4, -0.2) is 61.0 Å². The number of rotatable bonds is 7. The van der Waals surface area contributed by atoms with Crippen molar-refractivity contribution in [2.24, 2.45) is 5.92 Å². The maximum atomic E-state index is 9.60. The molecule has 1 aliphatic heterocycles. The summed E-state index contributed by atoms with van der Waals surface area (Å²) in [6.07, 6.45) is 2.52. The van der Waals surface area contributed by atoms with Gasteiger partial charge in [0, 0.05) is 31.8 Å². The first-order valence-corrected chi connectivity index (χ1v) is 7.54. The SMILES string of the molecule is COC1CN(CCC(C)(CO)NC(C)C)CCC1C. The Balaban J connectivity index is 2.42. The Kier molecular flexibility index (Phi) is 6.74. The number of ether oxygens (including phenoxy) is 1. The molecule has 1 heterocycles. The van der Waals surface area contributed by atoms with Gasteiger partial charge in [0.25, 0.3) is 0 Å². The van der Waals surface area contributed by atoms with E-state index in [1.54, 1.807) is 0 Å². The van der Waals surface area contributed by atoms with Gasteiger partial charge in [-0.3, -0.25) is 0 Å². The molecular formula is C15H32N2O2. The molecule has 4 heteroatoms. The summed E-state index contributed by atoms with van der Waals surface area (Å²) >= 11 is 0. The van der Waals surface area contributed by atoms with Crippen LogP contribution in [0.1, 0.15) is 40.5 Å². The van der Waals surface area contributed by atoms with Crippen molar-refractivity contribution in [2.75, 3.05) is 33.4 Å². The zero-order valence-corrected chi connectivity index (χ0v) is 13.3. The van der Waals surface area contributed by atoms with Gasteiger partial charge in [-0.25, -0.2) is 0 Å². The number of nitrogens with one attached hydrogen (secondary N) is 1. The van der Waals surface area contributed by atoms with Gasteiger partial charge in [0.15, 0.2) is 0 Å². The molecule has 3 atom stereocenters. The van der Waals surface area contributed by atoms with E-state index in [2.05, 4.69) is 37.9 Å². The third-order valence-corrected chi connectivity index (χ3v) is 4.24. The van der Waals surface area contributed by atoms with Crippen LogP contribution < -0.4 is 5.32 Å². The lowest BCUT2D eigenvalue weighted by Crippen LogP contribution is -2.52. The molecule has 0 radical (unpaired) electrons. The summed E-state index contributed by atoms with van der Waals surface area (Å²) in [6.45, 7) is 12.0. The molecule has 1 aliphatic rings. The molecule has 0 saturated carbocycles. The van der Waals surface area contributed by atoms with E-state index in [-0.39, 0.29) is 12.1 Å². The Hall–Kier alpha value is -0.160. The van der Waals surface area contributed by atoms with Crippen molar-refractivity contribution >= 4 is 0 Å². The Labute approximate surface area is 118 Å². The maximum Gasteiger partial charge on any atom is 0.0724 e. The number of piperidine rings is 1. The summed E-state index contributed by atoms with van der Waals surface area (Å²) in [5.74, 6) is 0.652. The fraction of sp³-hybridized carbons (Fsp3) is 1.00. The molecule has 1 fully saturated rings. The molecule has 3 unspecified atom stereocenters. The standard InChI is InChI=1S/C15H32N2O2/c1-12(2)16-15(4,11-18)7-9-17-8-6-13(3)14(10-17)19-5/h12-14,16,18H,6-11H2,1-5H3. The molecule has 0 aromatic heterocycles. The van der Waals surface area contributed by atoms with Gasteiger partial charge in [-0.1, -0.05) is 20.8 Å². The lowest BCUT2D eigenvalue weighted by atomic mass is 9.93. The number of likely N-dealkylation sites (tertiary alicyclic amines) is 1. The van der Waals surface area contributed by atoms with Gasteiger partial charge in [-0.15, -0.1) is 0 Å². The molecule has 1 rings (SSSR count). The second-order valence-electron chi connectivity index (χ2n) is 6.61. The number of hydrogen-bond acceptors (Lipinski definition) is 4. The van der Waals surface area contributed by atoms with Crippen LogP contribution in [0.4, 0.5) is 0 Å². The highest BCUT2D eigenvalue weighted by Crippen LogP contribution is 2.21. The fourth-order valence-electron chi connectivity index (χ4n) is 2.91. The second-order valence-corrected chi connectivity index (χ2v) is 6.61. The van der Waals surface area contributed by atoms with Crippen LogP contribution in [0.3, 0.4) is 0 Å². The molecule has 0 aromatic carbocycles. The van der Waals surface area contributed by atoms with Crippen molar-refractivity contribution in [1.82, 2.24) is 10.2 Å². The van der Waals surface area contributed by atoms with E-state index >= 15 is 0 Å². The molecule has 0 spiro atoms. The van der Waals surface area contributed by atoms with Gasteiger partial charge < -0.3 is 20.1 Å². The highest BCUT2D eigenvalue weighted by molar-refractivity contribution is 4.86. The molecule has 4 nitrogen and oxygen atoms in total. The van der Waals surface area contributed by atoms with Crippen LogP contribution in [0.2, 0.25) is 0 Å². The lowest BCUT2D eigenvalue weighted by Gasteiger charge is -2.39. The van der Waals surface area contributed by atoms with E-state index in [1.165, 1.54) is 6.42 Å². The minimum atomic E-state index is -0.181. The van der Waals surface area contributed by atoms with Crippen molar-refractivity contribution in [3.8, 4) is 0 Å². The van der Waals surface area contributed by atoms with Crippen molar-refractivity contribution in [2.45, 2.75) is 58.2 Å². The largest absolute Gasteiger partial charge is 0.394 e. The quantitative estimate of drug-likeness (QED) is 0.737. The molecular weight excluding hydrogens is 240 g/mol. The molecule has 0 amide bonds. The monoisotopic (exact) mass is 272 g/mol. The van der Waals surface area contributed by atoms with Gasteiger partial charge in [-0.05, 0) is 32.2 Å². The smallest absolute Gasteiger partial charge is 0.0724 e. The van der Waals surface area contributed by atoms with Crippen LogP contribution in [0.5, 0.6) is 0 Å². The fourth-order valence-corrected chi connectivity index (χ4v) is 2.91. The van der Waals surface area contributed by atoms with Gasteiger partial charge in [-0.2, -0.15) is 0 Å². The summed E-state index contributed by atoms with van der Waals surface area (Å²) in [7, 11) is 1.81. The minimum absolute atomic E-state index is 0.181. The third-order valence-electron chi connectivity index (χ3n) is 4.24. The van der Waals surface area contributed by atoms with E-state index in [1.807, 2.05) is 7.11 Å². The summed E-state index contributed by atoms with van der Waals surface area (Å²) in [5, 5.41) is 13.1. The van der Waals surface area contributed by atoms with Crippen LogP contribution in [-0.2, 0) is 4.74 Å². The first kappa shape index (κ1) is 16.9. The first-order chi connectivity index (χ1) is 8.90. The maximum absolute atomic E-state index is 9.60. The van der Waals surface area contributed by atoms with E-state index in [0.29, 0.717) is 18.1 Å². The average molecular weight is 272 g/mol. The number of methoxy groups -OCH3 is 1. The third kappa shape index (κ3) is 5.38. The van der Waals surface area contributed by atoms with Crippen molar-refractivity contribution in [3.63, 3.8) is 0 Å². The highest BCUT2D eigenvalue weighted by Gasteiger charge is 2.29. The lowest BCUT2D eigenvalue weighted by molar-refractivity contribution is -0.00834. The summed E-state index contributed by atoms with van der Waals surface area (Å²) in [6, 6.07) is 0.394. The zero-order chi connectivity index (χ0) is 14.5. The van der Waals surface area contributed by atoms with Crippen LogP contribution >= 0.6 is 0 Å². The van der Waals surface area contributed by atoms with Gasteiger partial charge in [0.05, 0.1) is 12.7 Å². The van der Waals surface area contributed by atoms with E-state index in [4.69, 9.17) is 4.74 Å². The van der Waals surface area contributed by atoms with Gasteiger partial charge in [0.2, 0.25) is 0 Å². The molecule has 0 aromatic rings. The molecule has 19 heavy (non-hydrogen) atoms. The first-order valence-electron chi connectivity index (χ1n) is 7.54. The Morgan fingerprint density at radius 2 is 2.16 bits per heavy atom. The summed E-state index contributed by atoms with van der Waals surface area (Å²) < 4.78 is 5.55. The van der Waals surface area contributed by atoms with Crippen LogP contribution in [0.15, 0.2) is 0 Å².